The number of nitrogens with zero attached hydrogens (tertiary/aromatic N) is 3. The van der Waals surface area contributed by atoms with E-state index < -0.39 is 11.8 Å². The summed E-state index contributed by atoms with van der Waals surface area (Å²) in [5, 5.41) is 8.10. The Hall–Kier alpha value is -4.24. The largest absolute Gasteiger partial charge is 0.438 e. The van der Waals surface area contributed by atoms with Gasteiger partial charge in [0.25, 0.3) is 0 Å². The average molecular weight is 465 g/mol. The Morgan fingerprint density at radius 1 is 0.970 bits per heavy atom. The highest BCUT2D eigenvalue weighted by atomic mass is 35.5. The minimum Gasteiger partial charge on any atom is -0.438 e. The van der Waals surface area contributed by atoms with Crippen molar-refractivity contribution in [3.05, 3.63) is 83.9 Å². The van der Waals surface area contributed by atoms with E-state index in [9.17, 15) is 9.18 Å². The molecule has 8 nitrogen and oxygen atoms in total. The zero-order valence-electron chi connectivity index (χ0n) is 17.3. The molecule has 3 N–H and O–H groups in total. The molecule has 0 aliphatic heterocycles. The van der Waals surface area contributed by atoms with Crippen LogP contribution in [0.3, 0.4) is 0 Å². The van der Waals surface area contributed by atoms with E-state index >= 15 is 0 Å². The van der Waals surface area contributed by atoms with Crippen LogP contribution in [0, 0.1) is 5.82 Å². The Morgan fingerprint density at radius 3 is 2.48 bits per heavy atom. The number of rotatable bonds is 6. The van der Waals surface area contributed by atoms with Crippen LogP contribution in [-0.2, 0) is 0 Å². The topological polar surface area (TPSA) is 101 Å². The van der Waals surface area contributed by atoms with Gasteiger partial charge < -0.3 is 20.7 Å². The molecule has 2 heterocycles. The summed E-state index contributed by atoms with van der Waals surface area (Å²) in [6, 6.07) is 15.6. The molecule has 0 fully saturated rings. The maximum Gasteiger partial charge on any atom is 0.323 e. The van der Waals surface area contributed by atoms with Gasteiger partial charge in [-0.3, -0.25) is 0 Å². The molecule has 0 radical (unpaired) electrons. The summed E-state index contributed by atoms with van der Waals surface area (Å²) in [5.74, 6) is 0.828. The number of aromatic nitrogens is 3. The second kappa shape index (κ2) is 9.92. The summed E-state index contributed by atoms with van der Waals surface area (Å²) in [6.45, 7) is 0. The molecule has 0 aliphatic rings. The van der Waals surface area contributed by atoms with Gasteiger partial charge in [0, 0.05) is 30.8 Å². The van der Waals surface area contributed by atoms with Crippen molar-refractivity contribution in [2.75, 3.05) is 23.0 Å². The molecule has 0 atom stereocenters. The lowest BCUT2D eigenvalue weighted by Gasteiger charge is -2.11. The molecule has 2 aromatic heterocycles. The number of pyridine rings is 1. The predicted octanol–water partition coefficient (Wildman–Crippen LogP) is 5.81. The zero-order chi connectivity index (χ0) is 23.2. The van der Waals surface area contributed by atoms with Crippen molar-refractivity contribution in [1.82, 2.24) is 15.0 Å². The third-order valence-corrected chi connectivity index (χ3v) is 4.72. The first-order valence-electron chi connectivity index (χ1n) is 9.79. The summed E-state index contributed by atoms with van der Waals surface area (Å²) in [4.78, 5) is 25.1. The van der Waals surface area contributed by atoms with Crippen LogP contribution in [0.15, 0.2) is 73.1 Å². The lowest BCUT2D eigenvalue weighted by molar-refractivity contribution is 0.262. The molecule has 4 rings (SSSR count). The minimum atomic E-state index is -0.559. The fraction of sp³-hybridized carbons (Fsp3) is 0.0435. The normalized spacial score (nSPS) is 10.4. The van der Waals surface area contributed by atoms with Gasteiger partial charge in [0.05, 0.1) is 16.3 Å². The molecular weight excluding hydrogens is 447 g/mol. The molecule has 2 aromatic carbocycles. The number of hydrogen-bond acceptors (Lipinski definition) is 6. The first-order chi connectivity index (χ1) is 16.0. The number of nitrogens with one attached hydrogen (secondary N) is 3. The SMILES string of the molecule is CNc1nccc(-c2cccnc2Oc2ccc(NC(=O)Nc3ccc(F)c(Cl)c3)cc2)n1. The van der Waals surface area contributed by atoms with Crippen molar-refractivity contribution >= 4 is 35.0 Å². The number of carbonyl (C=O) groups is 1. The van der Waals surface area contributed by atoms with E-state index in [2.05, 4.69) is 30.9 Å². The molecule has 166 valence electrons. The second-order valence-electron chi connectivity index (χ2n) is 6.71. The van der Waals surface area contributed by atoms with Gasteiger partial charge in [-0.05, 0) is 60.7 Å². The van der Waals surface area contributed by atoms with Crippen LogP contribution in [-0.4, -0.2) is 28.0 Å². The van der Waals surface area contributed by atoms with E-state index in [0.717, 1.165) is 0 Å². The Bertz CT molecular complexity index is 1290. The Balaban J connectivity index is 1.44. The quantitative estimate of drug-likeness (QED) is 0.333. The second-order valence-corrected chi connectivity index (χ2v) is 7.11. The van der Waals surface area contributed by atoms with Crippen LogP contribution in [0.4, 0.5) is 26.5 Å². The van der Waals surface area contributed by atoms with Crippen LogP contribution >= 0.6 is 11.6 Å². The summed E-state index contributed by atoms with van der Waals surface area (Å²) >= 11 is 5.73. The summed E-state index contributed by atoms with van der Waals surface area (Å²) < 4.78 is 19.2. The van der Waals surface area contributed by atoms with Gasteiger partial charge in [0.15, 0.2) is 0 Å². The number of anilines is 3. The lowest BCUT2D eigenvalue weighted by atomic mass is 10.2. The smallest absolute Gasteiger partial charge is 0.323 e. The van der Waals surface area contributed by atoms with Gasteiger partial charge in [-0.25, -0.2) is 24.1 Å². The molecule has 0 bridgehead atoms. The first-order valence-corrected chi connectivity index (χ1v) is 10.2. The fourth-order valence-electron chi connectivity index (χ4n) is 2.88. The van der Waals surface area contributed by atoms with Crippen LogP contribution in [0.2, 0.25) is 5.02 Å². The highest BCUT2D eigenvalue weighted by Crippen LogP contribution is 2.31. The lowest BCUT2D eigenvalue weighted by Crippen LogP contribution is -2.19. The predicted molar refractivity (Wildman–Crippen MR) is 125 cm³/mol. The third kappa shape index (κ3) is 5.52. The molecule has 33 heavy (non-hydrogen) atoms. The monoisotopic (exact) mass is 464 g/mol. The number of benzene rings is 2. The number of amides is 2. The van der Waals surface area contributed by atoms with Crippen molar-refractivity contribution in [2.24, 2.45) is 0 Å². The van der Waals surface area contributed by atoms with Crippen molar-refractivity contribution in [2.45, 2.75) is 0 Å². The molecule has 0 saturated heterocycles. The molecule has 0 saturated carbocycles. The highest BCUT2D eigenvalue weighted by Gasteiger charge is 2.11. The summed E-state index contributed by atoms with van der Waals surface area (Å²) in [6.07, 6.45) is 3.28. The Morgan fingerprint density at radius 2 is 1.73 bits per heavy atom. The van der Waals surface area contributed by atoms with E-state index in [0.29, 0.717) is 40.2 Å². The molecule has 0 aliphatic carbocycles. The number of hydrogen-bond donors (Lipinski definition) is 3. The number of urea groups is 1. The maximum atomic E-state index is 13.2. The van der Waals surface area contributed by atoms with Gasteiger partial charge in [-0.15, -0.1) is 0 Å². The Kier molecular flexibility index (Phi) is 6.61. The van der Waals surface area contributed by atoms with Crippen LogP contribution < -0.4 is 20.7 Å². The van der Waals surface area contributed by atoms with Gasteiger partial charge in [0.2, 0.25) is 11.8 Å². The first kappa shape index (κ1) is 22.0. The van der Waals surface area contributed by atoms with Gasteiger partial charge in [0.1, 0.15) is 11.6 Å². The molecular formula is C23H18ClFN6O2. The van der Waals surface area contributed by atoms with E-state index in [1.807, 2.05) is 6.07 Å². The fourth-order valence-corrected chi connectivity index (χ4v) is 3.06. The van der Waals surface area contributed by atoms with Crippen molar-refractivity contribution < 1.29 is 13.9 Å². The van der Waals surface area contributed by atoms with Gasteiger partial charge in [-0.1, -0.05) is 11.6 Å². The van der Waals surface area contributed by atoms with Crippen LogP contribution in [0.5, 0.6) is 11.6 Å². The zero-order valence-corrected chi connectivity index (χ0v) is 18.1. The third-order valence-electron chi connectivity index (χ3n) is 4.43. The maximum absolute atomic E-state index is 13.2. The van der Waals surface area contributed by atoms with Crippen LogP contribution in [0.25, 0.3) is 11.3 Å². The Labute approximate surface area is 193 Å². The van der Waals surface area contributed by atoms with E-state index in [4.69, 9.17) is 16.3 Å². The van der Waals surface area contributed by atoms with Gasteiger partial charge >= 0.3 is 6.03 Å². The number of ether oxygens (including phenoxy) is 1. The number of halogens is 2. The molecule has 2 amide bonds. The van der Waals surface area contributed by atoms with E-state index in [1.54, 1.807) is 55.8 Å². The van der Waals surface area contributed by atoms with Crippen molar-refractivity contribution in [3.8, 4) is 22.9 Å². The van der Waals surface area contributed by atoms with E-state index in [1.165, 1.54) is 18.2 Å². The molecule has 10 heteroatoms. The molecule has 4 aromatic rings. The number of carbonyl (C=O) groups excluding carboxylic acids is 1. The molecule has 0 unspecified atom stereocenters. The molecule has 0 spiro atoms. The highest BCUT2D eigenvalue weighted by molar-refractivity contribution is 6.31. The van der Waals surface area contributed by atoms with Crippen molar-refractivity contribution in [3.63, 3.8) is 0 Å². The summed E-state index contributed by atoms with van der Waals surface area (Å²) in [5.41, 5.74) is 2.26. The van der Waals surface area contributed by atoms with E-state index in [-0.39, 0.29) is 5.02 Å². The average Bonchev–Trinajstić information content (AvgIpc) is 2.83. The van der Waals surface area contributed by atoms with Crippen molar-refractivity contribution in [1.29, 1.82) is 0 Å². The summed E-state index contributed by atoms with van der Waals surface area (Å²) in [7, 11) is 1.74. The standard InChI is InChI=1S/C23H18ClFN6O2/c1-26-22-28-12-10-20(31-22)17-3-2-11-27-21(17)33-16-7-4-14(5-8-16)29-23(32)30-15-6-9-19(25)18(24)13-15/h2-13H,1H3,(H,26,28,31)(H2,29,30,32). The minimum absolute atomic E-state index is 0.0765. The van der Waals surface area contributed by atoms with Crippen LogP contribution in [0.1, 0.15) is 0 Å². The van der Waals surface area contributed by atoms with Gasteiger partial charge in [-0.2, -0.15) is 0 Å².